The zero-order valence-corrected chi connectivity index (χ0v) is 37.8. The van der Waals surface area contributed by atoms with Gasteiger partial charge in [-0.05, 0) is 0 Å². The molecule has 0 heterocycles. The fraction of sp³-hybridized carbons (Fsp3) is 0.348. The Hall–Kier alpha value is -3.18. The van der Waals surface area contributed by atoms with Crippen molar-refractivity contribution in [3.05, 3.63) is 129 Å². The first-order valence-corrected chi connectivity index (χ1v) is 35.1. The molecule has 4 aromatic rings. The number of nitrogens with one attached hydrogen (secondary N) is 2. The van der Waals surface area contributed by atoms with E-state index in [1.165, 1.54) is 33.4 Å². The summed E-state index contributed by atoms with van der Waals surface area (Å²) in [7, 11) is 17.8. The Morgan fingerprint density at radius 1 is 0.593 bits per heavy atom. The number of halogens is 2. The van der Waals surface area contributed by atoms with Gasteiger partial charge in [-0.15, -0.1) is 0 Å². The second-order valence-electron chi connectivity index (χ2n) is 15.3. The van der Waals surface area contributed by atoms with Crippen LogP contribution in [0, 0.1) is 13.8 Å². The summed E-state index contributed by atoms with van der Waals surface area (Å²) in [5.41, 5.74) is 13.9. The number of carbonyl (C=O) groups excluding carboxylic acids is 2. The number of hydrogen-bond donors (Lipinski definition) is 2. The Balaban J connectivity index is 1.71. The molecule has 2 aliphatic rings. The number of allylic oxidation sites excluding steroid dienone is 2. The quantitative estimate of drug-likeness (QED) is 0.117. The molecule has 2 amide bonds. The van der Waals surface area contributed by atoms with Gasteiger partial charge in [0.15, 0.2) is 0 Å². The minimum absolute atomic E-state index is 0.183. The van der Waals surface area contributed by atoms with Crippen molar-refractivity contribution in [1.29, 1.82) is 0 Å². The van der Waals surface area contributed by atoms with Gasteiger partial charge in [-0.25, -0.2) is 0 Å². The summed E-state index contributed by atoms with van der Waals surface area (Å²) in [5.74, 6) is -0.365. The van der Waals surface area contributed by atoms with Crippen LogP contribution in [0.25, 0.3) is 34.4 Å². The van der Waals surface area contributed by atoms with Gasteiger partial charge in [0.2, 0.25) is 0 Å². The van der Waals surface area contributed by atoms with Gasteiger partial charge in [-0.3, -0.25) is 0 Å². The van der Waals surface area contributed by atoms with Gasteiger partial charge in [-0.2, -0.15) is 0 Å². The van der Waals surface area contributed by atoms with Gasteiger partial charge in [0.05, 0.1) is 0 Å². The van der Waals surface area contributed by atoms with Crippen molar-refractivity contribution in [3.8, 4) is 22.3 Å². The Labute approximate surface area is 331 Å². The SMILES string of the molecule is CCCCC1=Cc2c(-c3ccccc3C)cccc2[CH]1[Hf]([Cl])([Cl])([B](NC(=O)CC)NC(=O)CC)[CH]1C(CCCC)=Cc2c(-c3ccccc3C)cccc21. The van der Waals surface area contributed by atoms with Crippen LogP contribution in [0.5, 0.6) is 0 Å². The molecule has 0 aromatic heterocycles. The van der Waals surface area contributed by atoms with E-state index in [0.717, 1.165) is 71.9 Å². The molecule has 2 aliphatic carbocycles. The van der Waals surface area contributed by atoms with Crippen molar-refractivity contribution >= 4 is 45.7 Å². The van der Waals surface area contributed by atoms with Crippen LogP contribution < -0.4 is 10.5 Å². The molecule has 0 aliphatic heterocycles. The van der Waals surface area contributed by atoms with Crippen LogP contribution in [0.4, 0.5) is 0 Å². The molecule has 4 nitrogen and oxygen atoms in total. The normalized spacial score (nSPS) is 16.8. The van der Waals surface area contributed by atoms with Crippen LogP contribution in [0.15, 0.2) is 96.1 Å². The van der Waals surface area contributed by atoms with Gasteiger partial charge in [0, 0.05) is 0 Å². The van der Waals surface area contributed by atoms with Crippen molar-refractivity contribution < 1.29 is 25.5 Å². The minimum atomic E-state index is -6.14. The molecule has 2 N–H and O–H groups in total. The van der Waals surface area contributed by atoms with E-state index in [0.29, 0.717) is 0 Å². The third kappa shape index (κ3) is 7.40. The van der Waals surface area contributed by atoms with Crippen LogP contribution in [0.3, 0.4) is 0 Å². The predicted octanol–water partition coefficient (Wildman–Crippen LogP) is 12.6. The van der Waals surface area contributed by atoms with E-state index in [1.807, 2.05) is 13.8 Å². The summed E-state index contributed by atoms with van der Waals surface area (Å²) in [6.45, 7) is 12.4. The number of hydrogen-bond acceptors (Lipinski definition) is 2. The summed E-state index contributed by atoms with van der Waals surface area (Å²) < 4.78 is -1.65. The molecule has 0 bridgehead atoms. The van der Waals surface area contributed by atoms with Gasteiger partial charge < -0.3 is 0 Å². The molecular formula is C46H54BCl2HfN2O2. The average molecular weight is 927 g/mol. The molecule has 2 unspecified atom stereocenters. The third-order valence-corrected chi connectivity index (χ3v) is 40.3. The number of rotatable bonds is 15. The van der Waals surface area contributed by atoms with Gasteiger partial charge >= 0.3 is 334 Å². The van der Waals surface area contributed by atoms with Crippen molar-refractivity contribution in [3.63, 3.8) is 0 Å². The van der Waals surface area contributed by atoms with Crippen LogP contribution >= 0.6 is 17.2 Å². The maximum absolute atomic E-state index is 13.7. The molecule has 6 rings (SSSR count). The molecule has 8 heteroatoms. The molecule has 0 radical (unpaired) electrons. The van der Waals surface area contributed by atoms with Crippen molar-refractivity contribution in [2.45, 2.75) is 100 Å². The van der Waals surface area contributed by atoms with Crippen LogP contribution in [0.1, 0.15) is 120 Å². The summed E-state index contributed by atoms with van der Waals surface area (Å²) >= 11 is -6.14. The Kier molecular flexibility index (Phi) is 12.7. The van der Waals surface area contributed by atoms with Crippen molar-refractivity contribution in [2.75, 3.05) is 0 Å². The monoisotopic (exact) mass is 927 g/mol. The molecule has 0 spiro atoms. The van der Waals surface area contributed by atoms with E-state index in [2.05, 4.69) is 135 Å². The van der Waals surface area contributed by atoms with Gasteiger partial charge in [0.25, 0.3) is 0 Å². The van der Waals surface area contributed by atoms with Gasteiger partial charge in [-0.1, -0.05) is 0 Å². The fourth-order valence-electron chi connectivity index (χ4n) is 8.98. The summed E-state index contributed by atoms with van der Waals surface area (Å²) in [4.78, 5) is 27.4. The Morgan fingerprint density at radius 2 is 0.981 bits per heavy atom. The van der Waals surface area contributed by atoms with Crippen molar-refractivity contribution in [2.24, 2.45) is 0 Å². The molecule has 2 atom stereocenters. The fourth-order valence-corrected chi connectivity index (χ4v) is 38.7. The number of aryl methyl sites for hydroxylation is 2. The van der Waals surface area contributed by atoms with Crippen LogP contribution in [-0.4, -0.2) is 16.4 Å². The Morgan fingerprint density at radius 3 is 1.35 bits per heavy atom. The van der Waals surface area contributed by atoms with E-state index < -0.39 is 20.5 Å². The number of benzene rings is 4. The van der Waals surface area contributed by atoms with E-state index in [4.69, 9.17) is 17.2 Å². The first-order valence-electron chi connectivity index (χ1n) is 19.9. The van der Waals surface area contributed by atoms with Gasteiger partial charge in [0.1, 0.15) is 0 Å². The second kappa shape index (κ2) is 16.9. The third-order valence-electron chi connectivity index (χ3n) is 11.7. The molecule has 54 heavy (non-hydrogen) atoms. The van der Waals surface area contributed by atoms with E-state index in [9.17, 15) is 9.59 Å². The molecule has 0 saturated heterocycles. The second-order valence-corrected chi connectivity index (χ2v) is 45.7. The zero-order chi connectivity index (χ0) is 38.6. The molecule has 4 aromatic carbocycles. The summed E-state index contributed by atoms with van der Waals surface area (Å²) in [6, 6.07) is 30.1. The molecular weight excluding hydrogens is 873 g/mol. The predicted molar refractivity (Wildman–Crippen MR) is 228 cm³/mol. The zero-order valence-electron chi connectivity index (χ0n) is 32.7. The maximum atomic E-state index is 13.7. The number of amides is 2. The first-order chi connectivity index (χ1) is 26.0. The number of fused-ring (bicyclic) bond motifs is 2. The van der Waals surface area contributed by atoms with E-state index in [-0.39, 0.29) is 32.0 Å². The summed E-state index contributed by atoms with van der Waals surface area (Å²) in [5, 5.41) is 6.60. The molecule has 0 fully saturated rings. The number of carbonyl (C=O) groups is 2. The van der Waals surface area contributed by atoms with E-state index >= 15 is 0 Å². The average Bonchev–Trinajstić information content (AvgIpc) is 3.76. The number of unbranched alkanes of at least 4 members (excludes halogenated alkanes) is 2. The Bertz CT molecular complexity index is 1980. The standard InChI is InChI=1S/2C20H21.C6H11BN2O2.2ClH.Hf/c2*1-3-4-9-16-13-17-10-7-12-19(20(17)14-16)18-11-6-5-8-15(18)2;1-3-5(10)8-7-9-6(11)4-2;;;/h2*5-8,10-14H,3-4,9H2,1-2H3;3-4H2,1-2H3,(H-,8,9,10,11);2*1H;/q;;;;;+1/p-1. The van der Waals surface area contributed by atoms with Crippen LogP contribution in [0.2, 0.25) is 0 Å². The topological polar surface area (TPSA) is 58.2 Å². The first kappa shape index (κ1) is 40.5. The summed E-state index contributed by atoms with van der Waals surface area (Å²) in [6.07, 6.45) is 10.8. The van der Waals surface area contributed by atoms with Crippen LogP contribution in [-0.2, 0) is 25.5 Å². The molecule has 281 valence electrons. The van der Waals surface area contributed by atoms with E-state index in [1.54, 1.807) is 0 Å². The molecule has 0 saturated carbocycles. The van der Waals surface area contributed by atoms with Crippen molar-refractivity contribution in [1.82, 2.24) is 10.5 Å².